The first-order valence-electron chi connectivity index (χ1n) is 9.05. The molecule has 5 heteroatoms. The molecule has 0 aliphatic carbocycles. The summed E-state index contributed by atoms with van der Waals surface area (Å²) in [4.78, 5) is 30.8. The van der Waals surface area contributed by atoms with E-state index in [4.69, 9.17) is 0 Å². The molecule has 3 rings (SSSR count). The maximum atomic E-state index is 12.6. The zero-order valence-corrected chi connectivity index (χ0v) is 14.5. The molecule has 2 aliphatic rings. The summed E-state index contributed by atoms with van der Waals surface area (Å²) in [5.41, 5.74) is 2.01. The Labute approximate surface area is 144 Å². The molecular formula is C19H27N3O2. The maximum absolute atomic E-state index is 12.6. The quantitative estimate of drug-likeness (QED) is 0.843. The third kappa shape index (κ3) is 3.96. The van der Waals surface area contributed by atoms with Crippen LogP contribution in [0, 0.1) is 0 Å². The van der Waals surface area contributed by atoms with Gasteiger partial charge in [-0.2, -0.15) is 0 Å². The molecule has 2 amide bonds. The van der Waals surface area contributed by atoms with Gasteiger partial charge in [0.25, 0.3) is 5.91 Å². The van der Waals surface area contributed by atoms with Gasteiger partial charge in [-0.15, -0.1) is 0 Å². The van der Waals surface area contributed by atoms with Crippen LogP contribution in [0.25, 0.3) is 0 Å². The van der Waals surface area contributed by atoms with Crippen molar-refractivity contribution in [1.82, 2.24) is 14.7 Å². The van der Waals surface area contributed by atoms with Gasteiger partial charge in [0.2, 0.25) is 5.91 Å². The number of nitrogens with zero attached hydrogens (tertiary/aromatic N) is 3. The minimum absolute atomic E-state index is 0.100. The SMILES string of the molecule is CCc1ccc(C(=O)N2CCN(CC(=O)N3CCCC3)CC2)cc1. The monoisotopic (exact) mass is 329 g/mol. The van der Waals surface area contributed by atoms with Crippen LogP contribution in [0.15, 0.2) is 24.3 Å². The maximum Gasteiger partial charge on any atom is 0.253 e. The molecule has 1 aromatic carbocycles. The van der Waals surface area contributed by atoms with Crippen LogP contribution >= 0.6 is 0 Å². The Morgan fingerprint density at radius 1 is 0.875 bits per heavy atom. The number of benzene rings is 1. The Morgan fingerprint density at radius 3 is 2.08 bits per heavy atom. The summed E-state index contributed by atoms with van der Waals surface area (Å²) >= 11 is 0. The molecule has 24 heavy (non-hydrogen) atoms. The van der Waals surface area contributed by atoms with Crippen molar-refractivity contribution in [2.75, 3.05) is 45.8 Å². The van der Waals surface area contributed by atoms with Gasteiger partial charge in [0, 0.05) is 44.8 Å². The highest BCUT2D eigenvalue weighted by Gasteiger charge is 2.25. The van der Waals surface area contributed by atoms with Crippen molar-refractivity contribution in [3.05, 3.63) is 35.4 Å². The molecule has 2 aliphatic heterocycles. The molecule has 0 aromatic heterocycles. The van der Waals surface area contributed by atoms with Gasteiger partial charge in [0.05, 0.1) is 6.54 Å². The molecular weight excluding hydrogens is 302 g/mol. The Morgan fingerprint density at radius 2 is 1.50 bits per heavy atom. The van der Waals surface area contributed by atoms with Crippen LogP contribution in [0.5, 0.6) is 0 Å². The Hall–Kier alpha value is -1.88. The molecule has 2 heterocycles. The predicted octanol–water partition coefficient (Wildman–Crippen LogP) is 1.63. The average Bonchev–Trinajstić information content (AvgIpc) is 3.17. The summed E-state index contributed by atoms with van der Waals surface area (Å²) < 4.78 is 0. The third-order valence-corrected chi connectivity index (χ3v) is 5.09. The minimum Gasteiger partial charge on any atom is -0.342 e. The Balaban J connectivity index is 1.48. The van der Waals surface area contributed by atoms with Gasteiger partial charge in [-0.05, 0) is 37.0 Å². The van der Waals surface area contributed by atoms with E-state index >= 15 is 0 Å². The molecule has 130 valence electrons. The Bertz CT molecular complexity index is 571. The number of carbonyl (C=O) groups excluding carboxylic acids is 2. The van der Waals surface area contributed by atoms with Crippen molar-refractivity contribution < 1.29 is 9.59 Å². The van der Waals surface area contributed by atoms with Crippen LogP contribution in [0.1, 0.15) is 35.7 Å². The molecule has 0 atom stereocenters. The summed E-state index contributed by atoms with van der Waals surface area (Å²) in [6, 6.07) is 7.89. The Kier molecular flexibility index (Phi) is 5.51. The standard InChI is InChI=1S/C19H27N3O2/c1-2-16-5-7-17(8-6-16)19(24)22-13-11-20(12-14-22)15-18(23)21-9-3-4-10-21/h5-8H,2-4,9-15H2,1H3. The van der Waals surface area contributed by atoms with Gasteiger partial charge in [-0.25, -0.2) is 0 Å². The van der Waals surface area contributed by atoms with Crippen LogP contribution in [-0.4, -0.2) is 72.3 Å². The number of likely N-dealkylation sites (tertiary alicyclic amines) is 1. The number of rotatable bonds is 4. The van der Waals surface area contributed by atoms with Crippen LogP contribution < -0.4 is 0 Å². The van der Waals surface area contributed by atoms with Crippen LogP contribution in [0.2, 0.25) is 0 Å². The number of piperazine rings is 1. The van der Waals surface area contributed by atoms with E-state index in [1.165, 1.54) is 5.56 Å². The van der Waals surface area contributed by atoms with E-state index in [1.807, 2.05) is 34.1 Å². The second-order valence-corrected chi connectivity index (χ2v) is 6.71. The van der Waals surface area contributed by atoms with Crippen molar-refractivity contribution >= 4 is 11.8 Å². The van der Waals surface area contributed by atoms with Gasteiger partial charge in [0.1, 0.15) is 0 Å². The van der Waals surface area contributed by atoms with Gasteiger partial charge < -0.3 is 9.80 Å². The lowest BCUT2D eigenvalue weighted by Gasteiger charge is -2.35. The minimum atomic E-state index is 0.100. The number of aryl methyl sites for hydroxylation is 1. The average molecular weight is 329 g/mol. The number of hydrogen-bond acceptors (Lipinski definition) is 3. The van der Waals surface area contributed by atoms with E-state index in [9.17, 15) is 9.59 Å². The van der Waals surface area contributed by atoms with Gasteiger partial charge in [-0.3, -0.25) is 14.5 Å². The summed E-state index contributed by atoms with van der Waals surface area (Å²) in [5, 5.41) is 0. The smallest absolute Gasteiger partial charge is 0.253 e. The number of hydrogen-bond donors (Lipinski definition) is 0. The summed E-state index contributed by atoms with van der Waals surface area (Å²) in [7, 11) is 0. The number of carbonyl (C=O) groups is 2. The van der Waals surface area contributed by atoms with E-state index < -0.39 is 0 Å². The van der Waals surface area contributed by atoms with Crippen molar-refractivity contribution in [2.45, 2.75) is 26.2 Å². The first kappa shape index (κ1) is 17.0. The molecule has 5 nitrogen and oxygen atoms in total. The van der Waals surface area contributed by atoms with Crippen LogP contribution in [-0.2, 0) is 11.2 Å². The summed E-state index contributed by atoms with van der Waals surface area (Å²) in [6.07, 6.45) is 3.24. The highest BCUT2D eigenvalue weighted by Crippen LogP contribution is 2.12. The fourth-order valence-electron chi connectivity index (χ4n) is 3.43. The zero-order chi connectivity index (χ0) is 16.9. The number of amides is 2. The molecule has 0 spiro atoms. The van der Waals surface area contributed by atoms with Crippen molar-refractivity contribution in [3.8, 4) is 0 Å². The molecule has 1 aromatic rings. The van der Waals surface area contributed by atoms with E-state index in [0.29, 0.717) is 19.6 Å². The molecule has 0 saturated carbocycles. The predicted molar refractivity (Wildman–Crippen MR) is 94.0 cm³/mol. The molecule has 0 N–H and O–H groups in total. The fourth-order valence-corrected chi connectivity index (χ4v) is 3.43. The zero-order valence-electron chi connectivity index (χ0n) is 14.5. The van der Waals surface area contributed by atoms with E-state index in [-0.39, 0.29) is 11.8 Å². The largest absolute Gasteiger partial charge is 0.342 e. The molecule has 2 saturated heterocycles. The first-order valence-corrected chi connectivity index (χ1v) is 9.05. The second kappa shape index (κ2) is 7.79. The van der Waals surface area contributed by atoms with E-state index in [2.05, 4.69) is 11.8 Å². The topological polar surface area (TPSA) is 43.9 Å². The van der Waals surface area contributed by atoms with Crippen LogP contribution in [0.4, 0.5) is 0 Å². The van der Waals surface area contributed by atoms with Crippen molar-refractivity contribution in [2.24, 2.45) is 0 Å². The third-order valence-electron chi connectivity index (χ3n) is 5.09. The molecule has 0 radical (unpaired) electrons. The molecule has 0 bridgehead atoms. The van der Waals surface area contributed by atoms with Crippen molar-refractivity contribution in [3.63, 3.8) is 0 Å². The lowest BCUT2D eigenvalue weighted by molar-refractivity contribution is -0.131. The van der Waals surface area contributed by atoms with Crippen molar-refractivity contribution in [1.29, 1.82) is 0 Å². The molecule has 0 unspecified atom stereocenters. The molecule has 2 fully saturated rings. The first-order chi connectivity index (χ1) is 11.7. The van der Waals surface area contributed by atoms with Gasteiger partial charge in [0.15, 0.2) is 0 Å². The highest BCUT2D eigenvalue weighted by atomic mass is 16.2. The second-order valence-electron chi connectivity index (χ2n) is 6.71. The lowest BCUT2D eigenvalue weighted by atomic mass is 10.1. The van der Waals surface area contributed by atoms with Crippen LogP contribution in [0.3, 0.4) is 0 Å². The van der Waals surface area contributed by atoms with E-state index in [1.54, 1.807) is 0 Å². The normalized spacial score (nSPS) is 18.9. The van der Waals surface area contributed by atoms with E-state index in [0.717, 1.165) is 51.0 Å². The van der Waals surface area contributed by atoms with Gasteiger partial charge >= 0.3 is 0 Å². The van der Waals surface area contributed by atoms with Gasteiger partial charge in [-0.1, -0.05) is 19.1 Å². The summed E-state index contributed by atoms with van der Waals surface area (Å²) in [6.45, 7) is 7.36. The fraction of sp³-hybridized carbons (Fsp3) is 0.579. The summed E-state index contributed by atoms with van der Waals surface area (Å²) in [5.74, 6) is 0.339. The highest BCUT2D eigenvalue weighted by molar-refractivity contribution is 5.94. The lowest BCUT2D eigenvalue weighted by Crippen LogP contribution is -2.51.